The first kappa shape index (κ1) is 22.7. The van der Waals surface area contributed by atoms with E-state index >= 15 is 0 Å². The third kappa shape index (κ3) is 4.50. The fourth-order valence-electron chi connectivity index (χ4n) is 4.43. The van der Waals surface area contributed by atoms with Crippen molar-refractivity contribution >= 4 is 10.9 Å². The Labute approximate surface area is 203 Å². The molecule has 4 aromatic rings. The molecule has 10 heteroatoms. The number of fused-ring (bicyclic) bond motifs is 1. The van der Waals surface area contributed by atoms with Crippen molar-refractivity contribution in [3.63, 3.8) is 0 Å². The highest BCUT2D eigenvalue weighted by Gasteiger charge is 2.19. The van der Waals surface area contributed by atoms with E-state index in [9.17, 15) is 5.11 Å². The van der Waals surface area contributed by atoms with Crippen LogP contribution in [0.4, 0.5) is 0 Å². The van der Waals surface area contributed by atoms with Crippen LogP contribution in [0, 0.1) is 17.2 Å². The van der Waals surface area contributed by atoms with E-state index in [0.717, 1.165) is 50.3 Å². The van der Waals surface area contributed by atoms with E-state index in [1.165, 1.54) is 0 Å². The zero-order chi connectivity index (χ0) is 24.4. The quantitative estimate of drug-likeness (QED) is 0.435. The molecule has 1 aliphatic heterocycles. The number of piperidine rings is 1. The highest BCUT2D eigenvalue weighted by atomic mass is 16.5. The average molecular weight is 474 g/mol. The van der Waals surface area contributed by atoms with Gasteiger partial charge in [0.2, 0.25) is 5.88 Å². The molecule has 1 fully saturated rings. The van der Waals surface area contributed by atoms with Crippen LogP contribution in [0.1, 0.15) is 12.8 Å². The van der Waals surface area contributed by atoms with Crippen LogP contribution >= 0.6 is 0 Å². The Morgan fingerprint density at radius 3 is 2.69 bits per heavy atom. The van der Waals surface area contributed by atoms with Gasteiger partial charge in [0.1, 0.15) is 0 Å². The summed E-state index contributed by atoms with van der Waals surface area (Å²) in [6.07, 6.45) is 8.99. The summed E-state index contributed by atoms with van der Waals surface area (Å²) in [5.74, 6) is 1.23. The number of aromatic hydroxyl groups is 1. The number of pyridine rings is 2. The molecule has 0 aromatic carbocycles. The standard InChI is InChI=1S/C25H27N7O3/c1-34-23-11-18(13-27-24(23)35-2)21-4-3-20-22(29-21)16-32(25(20)33)19-14-28-31(15-19)10-9-30-7-5-17(12-26)6-8-30/h3-4,11,13-17,33H,5-10H2,1-2H3. The third-order valence-corrected chi connectivity index (χ3v) is 6.49. The molecular formula is C25H27N7O3. The second kappa shape index (κ2) is 9.64. The zero-order valence-electron chi connectivity index (χ0n) is 19.8. The van der Waals surface area contributed by atoms with Gasteiger partial charge in [-0.1, -0.05) is 0 Å². The van der Waals surface area contributed by atoms with Crippen LogP contribution in [0.15, 0.2) is 43.0 Å². The van der Waals surface area contributed by atoms with Crippen molar-refractivity contribution < 1.29 is 14.6 Å². The molecule has 35 heavy (non-hydrogen) atoms. The summed E-state index contributed by atoms with van der Waals surface area (Å²) in [7, 11) is 3.11. The first-order chi connectivity index (χ1) is 17.1. The van der Waals surface area contributed by atoms with Crippen LogP contribution < -0.4 is 9.47 Å². The van der Waals surface area contributed by atoms with Gasteiger partial charge in [0.25, 0.3) is 5.88 Å². The fourth-order valence-corrected chi connectivity index (χ4v) is 4.43. The van der Waals surface area contributed by atoms with E-state index < -0.39 is 0 Å². The van der Waals surface area contributed by atoms with Crippen LogP contribution in [0.25, 0.3) is 27.8 Å². The van der Waals surface area contributed by atoms with E-state index in [1.807, 2.05) is 29.1 Å². The molecule has 1 aliphatic rings. The maximum Gasteiger partial charge on any atom is 0.256 e. The predicted molar refractivity (Wildman–Crippen MR) is 130 cm³/mol. The molecule has 0 amide bonds. The van der Waals surface area contributed by atoms with Gasteiger partial charge in [-0.2, -0.15) is 10.4 Å². The SMILES string of the molecule is COc1cc(-c2ccc3c(O)n(-c4cnn(CCN5CCC(C#N)CC5)c4)cc3n2)cnc1OC. The zero-order valence-corrected chi connectivity index (χ0v) is 19.8. The van der Waals surface area contributed by atoms with Crippen molar-refractivity contribution in [2.24, 2.45) is 5.92 Å². The van der Waals surface area contributed by atoms with E-state index in [-0.39, 0.29) is 11.8 Å². The second-order valence-corrected chi connectivity index (χ2v) is 8.59. The predicted octanol–water partition coefficient (Wildman–Crippen LogP) is 3.24. The largest absolute Gasteiger partial charge is 0.494 e. The molecule has 0 aliphatic carbocycles. The molecule has 0 saturated carbocycles. The minimum absolute atomic E-state index is 0.114. The Hall–Kier alpha value is -4.10. The summed E-state index contributed by atoms with van der Waals surface area (Å²) in [5, 5.41) is 25.0. The van der Waals surface area contributed by atoms with Crippen LogP contribution in [0.2, 0.25) is 0 Å². The van der Waals surface area contributed by atoms with Gasteiger partial charge in [-0.25, -0.2) is 9.97 Å². The lowest BCUT2D eigenvalue weighted by molar-refractivity contribution is 0.196. The topological polar surface area (TPSA) is 114 Å². The van der Waals surface area contributed by atoms with Gasteiger partial charge in [0.15, 0.2) is 5.75 Å². The number of nitrogens with zero attached hydrogens (tertiary/aromatic N) is 7. The van der Waals surface area contributed by atoms with Crippen molar-refractivity contribution in [3.05, 3.63) is 43.0 Å². The van der Waals surface area contributed by atoms with Gasteiger partial charge >= 0.3 is 0 Å². The van der Waals surface area contributed by atoms with E-state index in [4.69, 9.17) is 19.7 Å². The number of aromatic nitrogens is 5. The molecule has 1 N–H and O–H groups in total. The number of ether oxygens (including phenoxy) is 2. The summed E-state index contributed by atoms with van der Waals surface area (Å²) in [5.41, 5.74) is 2.91. The first-order valence-electron chi connectivity index (χ1n) is 11.5. The van der Waals surface area contributed by atoms with Gasteiger partial charge in [-0.05, 0) is 44.1 Å². The lowest BCUT2D eigenvalue weighted by Gasteiger charge is -2.28. The summed E-state index contributed by atoms with van der Waals surface area (Å²) < 4.78 is 14.1. The van der Waals surface area contributed by atoms with Crippen molar-refractivity contribution in [1.29, 1.82) is 5.26 Å². The molecule has 0 spiro atoms. The molecule has 5 rings (SSSR count). The Morgan fingerprint density at radius 1 is 1.11 bits per heavy atom. The molecule has 5 heterocycles. The van der Waals surface area contributed by atoms with Gasteiger partial charge in [0, 0.05) is 36.6 Å². The molecule has 4 aromatic heterocycles. The Kier molecular flexibility index (Phi) is 6.25. The summed E-state index contributed by atoms with van der Waals surface area (Å²) in [6, 6.07) is 7.88. The highest BCUT2D eigenvalue weighted by Crippen LogP contribution is 2.33. The number of rotatable bonds is 7. The fraction of sp³-hybridized carbons (Fsp3) is 0.360. The number of likely N-dealkylation sites (tertiary alicyclic amines) is 1. The van der Waals surface area contributed by atoms with Gasteiger partial charge in [0.05, 0.1) is 55.3 Å². The van der Waals surface area contributed by atoms with E-state index in [2.05, 4.69) is 21.1 Å². The lowest BCUT2D eigenvalue weighted by atomic mass is 9.99. The van der Waals surface area contributed by atoms with Crippen molar-refractivity contribution in [2.75, 3.05) is 33.9 Å². The summed E-state index contributed by atoms with van der Waals surface area (Å²) >= 11 is 0. The van der Waals surface area contributed by atoms with Crippen molar-refractivity contribution in [1.82, 2.24) is 29.2 Å². The minimum Gasteiger partial charge on any atom is -0.494 e. The number of hydrogen-bond acceptors (Lipinski definition) is 8. The Balaban J connectivity index is 1.34. The van der Waals surface area contributed by atoms with Crippen LogP contribution in [-0.2, 0) is 6.54 Å². The summed E-state index contributed by atoms with van der Waals surface area (Å²) in [6.45, 7) is 3.51. The minimum atomic E-state index is 0.114. The maximum atomic E-state index is 10.8. The van der Waals surface area contributed by atoms with Crippen LogP contribution in [0.5, 0.6) is 17.5 Å². The van der Waals surface area contributed by atoms with Crippen LogP contribution in [-0.4, -0.2) is 68.2 Å². The first-order valence-corrected chi connectivity index (χ1v) is 11.5. The van der Waals surface area contributed by atoms with E-state index in [0.29, 0.717) is 28.2 Å². The molecule has 180 valence electrons. The highest BCUT2D eigenvalue weighted by molar-refractivity contribution is 5.87. The molecule has 0 unspecified atom stereocenters. The molecule has 0 bridgehead atoms. The van der Waals surface area contributed by atoms with Gasteiger partial charge in [-0.3, -0.25) is 9.25 Å². The van der Waals surface area contributed by atoms with Crippen LogP contribution in [0.3, 0.4) is 0 Å². The average Bonchev–Trinajstić information content (AvgIpc) is 3.51. The number of hydrogen-bond donors (Lipinski definition) is 1. The van der Waals surface area contributed by atoms with Crippen molar-refractivity contribution in [3.8, 4) is 40.5 Å². The van der Waals surface area contributed by atoms with Gasteiger partial charge in [-0.15, -0.1) is 0 Å². The third-order valence-electron chi connectivity index (χ3n) is 6.49. The van der Waals surface area contributed by atoms with Gasteiger partial charge < -0.3 is 19.5 Å². The molecular weight excluding hydrogens is 446 g/mol. The molecule has 1 saturated heterocycles. The number of methoxy groups -OCH3 is 2. The molecule has 10 nitrogen and oxygen atoms in total. The lowest BCUT2D eigenvalue weighted by Crippen LogP contribution is -2.35. The second-order valence-electron chi connectivity index (χ2n) is 8.59. The Bertz CT molecular complexity index is 1380. The molecule has 0 radical (unpaired) electrons. The normalized spacial score (nSPS) is 14.8. The van der Waals surface area contributed by atoms with E-state index in [1.54, 1.807) is 37.4 Å². The number of nitriles is 1. The molecule has 0 atom stereocenters. The Morgan fingerprint density at radius 2 is 1.94 bits per heavy atom. The smallest absolute Gasteiger partial charge is 0.256 e. The summed E-state index contributed by atoms with van der Waals surface area (Å²) in [4.78, 5) is 11.4. The van der Waals surface area contributed by atoms with Crippen molar-refractivity contribution in [2.45, 2.75) is 19.4 Å². The maximum absolute atomic E-state index is 10.8. The monoisotopic (exact) mass is 473 g/mol.